The van der Waals surface area contributed by atoms with Gasteiger partial charge < -0.3 is 52.8 Å². The number of amides is 4. The van der Waals surface area contributed by atoms with Crippen LogP contribution in [0.1, 0.15) is 103 Å². The van der Waals surface area contributed by atoms with Crippen molar-refractivity contribution in [3.8, 4) is 11.5 Å². The molecule has 2 atom stereocenters. The number of hydrogen-bond acceptors (Lipinski definition) is 12. The van der Waals surface area contributed by atoms with E-state index >= 15 is 0 Å². The number of nitrogens with zero attached hydrogens (tertiary/aromatic N) is 3. The molecule has 18 nitrogen and oxygen atoms in total. The normalized spacial score (nSPS) is 16.4. The Morgan fingerprint density at radius 1 is 0.682 bits per heavy atom. The van der Waals surface area contributed by atoms with Crippen LogP contribution in [-0.2, 0) is 21.9 Å². The molecule has 0 spiro atoms. The number of benzene rings is 2. The van der Waals surface area contributed by atoms with Crippen LogP contribution < -0.4 is 52.8 Å². The van der Waals surface area contributed by atoms with Gasteiger partial charge in [-0.3, -0.25) is 29.6 Å². The first-order valence-electron chi connectivity index (χ1n) is 21.2. The minimum absolute atomic E-state index is 0.0144. The van der Waals surface area contributed by atoms with E-state index in [-0.39, 0.29) is 41.6 Å². The van der Waals surface area contributed by atoms with Gasteiger partial charge in [0, 0.05) is 45.0 Å². The highest BCUT2D eigenvalue weighted by atomic mass is 19.4. The Balaban J connectivity index is 1.43. The lowest BCUT2D eigenvalue weighted by Crippen LogP contribution is -2.24. The predicted octanol–water partition coefficient (Wildman–Crippen LogP) is 5.81. The maximum Gasteiger partial charge on any atom is 0.416 e. The number of rotatable bonds is 21. The SMILES string of the molecule is CC(N)=NCCCCC(=O)Nc1cc(C(F)(F)F)cc(NC(=O)c2cc(C(=O)Nc3cc(C(F)(F)F)cc(NC(=O)CCCCCC(=N)N)c3OC3CCNC3)ncn2)c1OC1CCNC1. The zero-order valence-corrected chi connectivity index (χ0v) is 35.9. The van der Waals surface area contributed by atoms with Gasteiger partial charge in [0.25, 0.3) is 11.8 Å². The number of nitrogens with one attached hydrogen (secondary N) is 7. The Hall–Kier alpha value is -6.56. The van der Waals surface area contributed by atoms with Gasteiger partial charge in [0.15, 0.2) is 11.5 Å². The van der Waals surface area contributed by atoms with E-state index in [9.17, 15) is 45.5 Å². The molecular weight excluding hydrogens is 883 g/mol. The van der Waals surface area contributed by atoms with Gasteiger partial charge in [-0.15, -0.1) is 0 Å². The minimum Gasteiger partial charge on any atom is -0.485 e. The number of halogens is 6. The van der Waals surface area contributed by atoms with Crippen molar-refractivity contribution in [2.75, 3.05) is 54.0 Å². The highest BCUT2D eigenvalue weighted by Crippen LogP contribution is 2.43. The second-order valence-electron chi connectivity index (χ2n) is 15.6. The molecule has 4 amide bonds. The molecule has 0 bridgehead atoms. The van der Waals surface area contributed by atoms with Crippen molar-refractivity contribution in [3.63, 3.8) is 0 Å². The topological polar surface area (TPSA) is 273 Å². The number of aliphatic imine (C=N–C) groups is 1. The molecule has 2 saturated heterocycles. The van der Waals surface area contributed by atoms with Gasteiger partial charge in [-0.1, -0.05) is 6.42 Å². The molecule has 2 aromatic carbocycles. The lowest BCUT2D eigenvalue weighted by atomic mass is 10.1. The highest BCUT2D eigenvalue weighted by Gasteiger charge is 2.36. The van der Waals surface area contributed by atoms with Crippen molar-refractivity contribution in [2.45, 2.75) is 95.7 Å². The van der Waals surface area contributed by atoms with Gasteiger partial charge in [-0.25, -0.2) is 9.97 Å². The summed E-state index contributed by atoms with van der Waals surface area (Å²) in [4.78, 5) is 65.4. The van der Waals surface area contributed by atoms with Gasteiger partial charge in [0.2, 0.25) is 11.8 Å². The molecule has 0 radical (unpaired) electrons. The van der Waals surface area contributed by atoms with Crippen molar-refractivity contribution in [1.29, 1.82) is 5.41 Å². The summed E-state index contributed by atoms with van der Waals surface area (Å²) >= 11 is 0. The van der Waals surface area contributed by atoms with E-state index in [2.05, 4.69) is 46.9 Å². The van der Waals surface area contributed by atoms with Crippen LogP contribution in [0.2, 0.25) is 0 Å². The van der Waals surface area contributed by atoms with E-state index in [0.29, 0.717) is 114 Å². The second-order valence-corrected chi connectivity index (χ2v) is 15.6. The lowest BCUT2D eigenvalue weighted by molar-refractivity contribution is -0.138. The molecule has 2 aliphatic rings. The Kier molecular flexibility index (Phi) is 17.6. The number of alkyl halides is 6. The first-order valence-corrected chi connectivity index (χ1v) is 21.2. The number of carbonyl (C=O) groups excluding carboxylic acids is 4. The largest absolute Gasteiger partial charge is 0.485 e. The van der Waals surface area contributed by atoms with Gasteiger partial charge in [0.05, 0.1) is 45.5 Å². The Morgan fingerprint density at radius 3 is 1.50 bits per heavy atom. The first-order chi connectivity index (χ1) is 31.3. The summed E-state index contributed by atoms with van der Waals surface area (Å²) in [6.45, 7) is 3.61. The molecule has 11 N–H and O–H groups in total. The summed E-state index contributed by atoms with van der Waals surface area (Å²) in [5.41, 5.74) is 5.59. The number of nitrogens with two attached hydrogens (primary N) is 2. The number of ether oxygens (including phenoxy) is 2. The molecule has 2 fully saturated rings. The average molecular weight is 935 g/mol. The smallest absolute Gasteiger partial charge is 0.416 e. The van der Waals surface area contributed by atoms with Gasteiger partial charge >= 0.3 is 12.4 Å². The Morgan fingerprint density at radius 2 is 1.11 bits per heavy atom. The van der Waals surface area contributed by atoms with Crippen molar-refractivity contribution in [1.82, 2.24) is 20.6 Å². The van der Waals surface area contributed by atoms with Crippen molar-refractivity contribution < 1.29 is 55.0 Å². The van der Waals surface area contributed by atoms with Crippen LogP contribution in [0.15, 0.2) is 41.7 Å². The molecule has 358 valence electrons. The van der Waals surface area contributed by atoms with Crippen molar-refractivity contribution in [2.24, 2.45) is 16.5 Å². The molecular formula is C42H52F6N12O6. The molecule has 0 saturated carbocycles. The first kappa shape index (κ1) is 50.4. The second kappa shape index (κ2) is 23.1. The van der Waals surface area contributed by atoms with E-state index in [1.54, 1.807) is 6.92 Å². The number of unbranched alkanes of at least 4 members (excludes halogenated alkanes) is 3. The fraction of sp³-hybridized carbons (Fsp3) is 0.476. The number of aromatic nitrogens is 2. The summed E-state index contributed by atoms with van der Waals surface area (Å²) in [6, 6.07) is 3.46. The number of amidine groups is 2. The fourth-order valence-electron chi connectivity index (χ4n) is 6.84. The van der Waals surface area contributed by atoms with E-state index in [4.69, 9.17) is 26.4 Å². The molecule has 66 heavy (non-hydrogen) atoms. The molecule has 5 rings (SSSR count). The maximum absolute atomic E-state index is 14.3. The molecule has 24 heteroatoms. The molecule has 3 aromatic rings. The van der Waals surface area contributed by atoms with Crippen molar-refractivity contribution in [3.05, 3.63) is 59.2 Å². The third kappa shape index (κ3) is 15.3. The van der Waals surface area contributed by atoms with E-state index < -0.39 is 82.1 Å². The molecule has 0 aliphatic carbocycles. The molecule has 2 aliphatic heterocycles. The maximum atomic E-state index is 14.3. The van der Waals surface area contributed by atoms with Gasteiger partial charge in [-0.2, -0.15) is 26.3 Å². The molecule has 1 aromatic heterocycles. The highest BCUT2D eigenvalue weighted by molar-refractivity contribution is 6.09. The minimum atomic E-state index is -4.96. The van der Waals surface area contributed by atoms with Crippen molar-refractivity contribution >= 4 is 58.0 Å². The fourth-order valence-corrected chi connectivity index (χ4v) is 6.84. The molecule has 3 heterocycles. The third-order valence-corrected chi connectivity index (χ3v) is 10.1. The number of hydrogen-bond donors (Lipinski definition) is 9. The average Bonchev–Trinajstić information content (AvgIpc) is 3.97. The van der Waals surface area contributed by atoms with Gasteiger partial charge in [0.1, 0.15) is 29.9 Å². The summed E-state index contributed by atoms with van der Waals surface area (Å²) in [5, 5.41) is 23.1. The van der Waals surface area contributed by atoms with Crippen LogP contribution in [0.5, 0.6) is 11.5 Å². The summed E-state index contributed by atoms with van der Waals surface area (Å²) in [5.74, 6) is -3.78. The predicted molar refractivity (Wildman–Crippen MR) is 233 cm³/mol. The van der Waals surface area contributed by atoms with Crippen LogP contribution in [-0.4, -0.2) is 90.2 Å². The third-order valence-electron chi connectivity index (χ3n) is 10.1. The standard InChI is InChI=1S/C42H52F6N12O6/c1-23(49)54-12-6-5-9-36(62)58-29-16-25(42(46,47)48)18-31(38(29)66-27-11-14-53-21-27)60-40(64)33-19-32(55-22-56-33)39(63)59-30-17-24(41(43,44)45)15-28(37(30)65-26-10-13-52-20-26)57-35(61)8-4-2-3-7-34(50)51/h15-19,22,26-27,52-53H,2-14,20-21H2,1H3,(H2,49,54)(H3,50,51)(H,57,61)(H,58,62)(H,59,63)(H,60,64). The Labute approximate surface area is 375 Å². The van der Waals surface area contributed by atoms with Crippen LogP contribution >= 0.6 is 0 Å². The quantitative estimate of drug-likeness (QED) is 0.0265. The van der Waals surface area contributed by atoms with Crippen LogP contribution in [0.25, 0.3) is 0 Å². The van der Waals surface area contributed by atoms with E-state index in [1.165, 1.54) is 0 Å². The zero-order chi connectivity index (χ0) is 48.0. The van der Waals surface area contributed by atoms with E-state index in [1.807, 2.05) is 0 Å². The number of anilines is 4. The number of carbonyl (C=O) groups is 4. The van der Waals surface area contributed by atoms with Crippen LogP contribution in [0.4, 0.5) is 49.1 Å². The van der Waals surface area contributed by atoms with E-state index in [0.717, 1.165) is 12.4 Å². The summed E-state index contributed by atoms with van der Waals surface area (Å²) < 4.78 is 98.0. The zero-order valence-electron chi connectivity index (χ0n) is 35.9. The summed E-state index contributed by atoms with van der Waals surface area (Å²) in [6.07, 6.45) is -7.00. The lowest BCUT2D eigenvalue weighted by Gasteiger charge is -2.22. The summed E-state index contributed by atoms with van der Waals surface area (Å²) in [7, 11) is 0. The van der Waals surface area contributed by atoms with Crippen LogP contribution in [0, 0.1) is 5.41 Å². The van der Waals surface area contributed by atoms with Gasteiger partial charge in [-0.05, 0) is 82.8 Å². The Bertz CT molecular complexity index is 2260. The molecule has 2 unspecified atom stereocenters. The monoisotopic (exact) mass is 934 g/mol. The van der Waals surface area contributed by atoms with Crippen LogP contribution in [0.3, 0.4) is 0 Å².